The lowest BCUT2D eigenvalue weighted by Crippen LogP contribution is -2.33. The SMILES string of the molecule is CC[C@@H](C)NC(=O)CSc1ncc(-c2ccccc2)n1C[C@H]1CCCO1. The third-order valence-electron chi connectivity index (χ3n) is 4.65. The Labute approximate surface area is 159 Å². The summed E-state index contributed by atoms with van der Waals surface area (Å²) in [6.07, 6.45) is 5.24. The van der Waals surface area contributed by atoms with E-state index >= 15 is 0 Å². The van der Waals surface area contributed by atoms with E-state index in [4.69, 9.17) is 4.74 Å². The minimum Gasteiger partial charge on any atom is -0.376 e. The highest BCUT2D eigenvalue weighted by Crippen LogP contribution is 2.28. The fourth-order valence-electron chi connectivity index (χ4n) is 3.03. The van der Waals surface area contributed by atoms with Crippen molar-refractivity contribution < 1.29 is 9.53 Å². The summed E-state index contributed by atoms with van der Waals surface area (Å²) >= 11 is 1.49. The van der Waals surface area contributed by atoms with Crippen LogP contribution in [0.25, 0.3) is 11.3 Å². The molecule has 0 unspecified atom stereocenters. The average Bonchev–Trinajstić information content (AvgIpc) is 3.31. The minimum atomic E-state index is 0.0530. The number of rotatable bonds is 8. The second kappa shape index (κ2) is 9.24. The summed E-state index contributed by atoms with van der Waals surface area (Å²) in [4.78, 5) is 16.7. The van der Waals surface area contributed by atoms with Crippen molar-refractivity contribution in [3.05, 3.63) is 36.5 Å². The molecule has 0 aliphatic carbocycles. The lowest BCUT2D eigenvalue weighted by Gasteiger charge is -2.16. The molecule has 1 fully saturated rings. The van der Waals surface area contributed by atoms with E-state index in [0.29, 0.717) is 5.75 Å². The van der Waals surface area contributed by atoms with Crippen LogP contribution >= 0.6 is 11.8 Å². The molecule has 2 atom stereocenters. The lowest BCUT2D eigenvalue weighted by molar-refractivity contribution is -0.119. The Morgan fingerprint density at radius 1 is 1.42 bits per heavy atom. The molecule has 0 bridgehead atoms. The molecule has 1 aromatic carbocycles. The number of amides is 1. The molecule has 0 spiro atoms. The molecule has 5 nitrogen and oxygen atoms in total. The van der Waals surface area contributed by atoms with Crippen molar-refractivity contribution in [3.63, 3.8) is 0 Å². The summed E-state index contributed by atoms with van der Waals surface area (Å²) in [5, 5.41) is 3.88. The van der Waals surface area contributed by atoms with Gasteiger partial charge in [0.1, 0.15) is 0 Å². The molecule has 1 amide bonds. The van der Waals surface area contributed by atoms with Crippen LogP contribution in [-0.2, 0) is 16.1 Å². The maximum atomic E-state index is 12.1. The Morgan fingerprint density at radius 2 is 2.23 bits per heavy atom. The van der Waals surface area contributed by atoms with Gasteiger partial charge in [-0.25, -0.2) is 4.98 Å². The largest absolute Gasteiger partial charge is 0.376 e. The average molecular weight is 374 g/mol. The Balaban J connectivity index is 1.76. The molecule has 1 saturated heterocycles. The van der Waals surface area contributed by atoms with Crippen molar-refractivity contribution in [3.8, 4) is 11.3 Å². The zero-order chi connectivity index (χ0) is 18.4. The van der Waals surface area contributed by atoms with Crippen LogP contribution in [0.3, 0.4) is 0 Å². The summed E-state index contributed by atoms with van der Waals surface area (Å²) in [6, 6.07) is 10.5. The predicted octanol–water partition coefficient (Wildman–Crippen LogP) is 3.74. The van der Waals surface area contributed by atoms with E-state index in [9.17, 15) is 4.79 Å². The van der Waals surface area contributed by atoms with Crippen LogP contribution in [-0.4, -0.2) is 40.0 Å². The molecular formula is C20H27N3O2S. The molecule has 140 valence electrons. The number of imidazole rings is 1. The van der Waals surface area contributed by atoms with Gasteiger partial charge in [0.05, 0.1) is 30.3 Å². The summed E-state index contributed by atoms with van der Waals surface area (Å²) in [5.74, 6) is 0.429. The normalized spacial score (nSPS) is 18.0. The first kappa shape index (κ1) is 19.0. The van der Waals surface area contributed by atoms with E-state index in [0.717, 1.165) is 48.8 Å². The van der Waals surface area contributed by atoms with Gasteiger partial charge < -0.3 is 14.6 Å². The van der Waals surface area contributed by atoms with Crippen LogP contribution in [0, 0.1) is 0 Å². The zero-order valence-corrected chi connectivity index (χ0v) is 16.3. The Hall–Kier alpha value is -1.79. The van der Waals surface area contributed by atoms with E-state index in [1.165, 1.54) is 11.8 Å². The number of carbonyl (C=O) groups is 1. The smallest absolute Gasteiger partial charge is 0.230 e. The molecule has 0 radical (unpaired) electrons. The maximum absolute atomic E-state index is 12.1. The third kappa shape index (κ3) is 4.89. The quantitative estimate of drug-likeness (QED) is 0.716. The van der Waals surface area contributed by atoms with Crippen molar-refractivity contribution in [2.24, 2.45) is 0 Å². The second-order valence-corrected chi connectivity index (χ2v) is 7.65. The lowest BCUT2D eigenvalue weighted by atomic mass is 10.1. The van der Waals surface area contributed by atoms with Crippen LogP contribution in [0.15, 0.2) is 41.7 Å². The molecule has 1 aromatic heterocycles. The topological polar surface area (TPSA) is 56.2 Å². The van der Waals surface area contributed by atoms with Crippen molar-refractivity contribution in [2.75, 3.05) is 12.4 Å². The van der Waals surface area contributed by atoms with Gasteiger partial charge in [0, 0.05) is 12.6 Å². The number of thioether (sulfide) groups is 1. The van der Waals surface area contributed by atoms with E-state index in [-0.39, 0.29) is 18.1 Å². The first-order valence-corrected chi connectivity index (χ1v) is 10.3. The maximum Gasteiger partial charge on any atom is 0.230 e. The van der Waals surface area contributed by atoms with Gasteiger partial charge in [0.15, 0.2) is 5.16 Å². The number of carbonyl (C=O) groups excluding carboxylic acids is 1. The number of nitrogens with one attached hydrogen (secondary N) is 1. The predicted molar refractivity (Wildman–Crippen MR) is 105 cm³/mol. The molecule has 6 heteroatoms. The summed E-state index contributed by atoms with van der Waals surface area (Å²) < 4.78 is 8.03. The van der Waals surface area contributed by atoms with E-state index in [1.807, 2.05) is 31.3 Å². The van der Waals surface area contributed by atoms with Gasteiger partial charge >= 0.3 is 0 Å². The molecule has 1 aliphatic heterocycles. The van der Waals surface area contributed by atoms with Gasteiger partial charge in [-0.05, 0) is 31.7 Å². The van der Waals surface area contributed by atoms with Crippen LogP contribution < -0.4 is 5.32 Å². The number of benzene rings is 1. The summed E-state index contributed by atoms with van der Waals surface area (Å²) in [5.41, 5.74) is 2.21. The molecule has 3 rings (SSSR count). The number of nitrogens with zero attached hydrogens (tertiary/aromatic N) is 2. The summed E-state index contributed by atoms with van der Waals surface area (Å²) in [6.45, 7) is 5.70. The second-order valence-electron chi connectivity index (χ2n) is 6.70. The molecule has 1 aliphatic rings. The summed E-state index contributed by atoms with van der Waals surface area (Å²) in [7, 11) is 0. The molecule has 26 heavy (non-hydrogen) atoms. The van der Waals surface area contributed by atoms with Gasteiger partial charge in [0.2, 0.25) is 5.91 Å². The van der Waals surface area contributed by atoms with E-state index in [1.54, 1.807) is 0 Å². The van der Waals surface area contributed by atoms with Crippen molar-refractivity contribution in [1.29, 1.82) is 0 Å². The highest BCUT2D eigenvalue weighted by Gasteiger charge is 2.21. The number of hydrogen-bond acceptors (Lipinski definition) is 4. The number of ether oxygens (including phenoxy) is 1. The van der Waals surface area contributed by atoms with Gasteiger partial charge in [0.25, 0.3) is 0 Å². The third-order valence-corrected chi connectivity index (χ3v) is 5.64. The van der Waals surface area contributed by atoms with Gasteiger partial charge in [-0.2, -0.15) is 0 Å². The van der Waals surface area contributed by atoms with Crippen molar-refractivity contribution >= 4 is 17.7 Å². The number of aromatic nitrogens is 2. The van der Waals surface area contributed by atoms with Crippen molar-refractivity contribution in [2.45, 2.75) is 57.0 Å². The molecule has 2 heterocycles. The number of hydrogen-bond donors (Lipinski definition) is 1. The van der Waals surface area contributed by atoms with Gasteiger partial charge in [-0.1, -0.05) is 49.0 Å². The van der Waals surface area contributed by atoms with Gasteiger partial charge in [-0.3, -0.25) is 4.79 Å². The first-order chi connectivity index (χ1) is 12.7. The fraction of sp³-hybridized carbons (Fsp3) is 0.500. The molecular weight excluding hydrogens is 346 g/mol. The van der Waals surface area contributed by atoms with E-state index < -0.39 is 0 Å². The van der Waals surface area contributed by atoms with Crippen LogP contribution in [0.2, 0.25) is 0 Å². The minimum absolute atomic E-state index is 0.0530. The highest BCUT2D eigenvalue weighted by molar-refractivity contribution is 7.99. The zero-order valence-electron chi connectivity index (χ0n) is 15.5. The molecule has 2 aromatic rings. The van der Waals surface area contributed by atoms with Gasteiger partial charge in [-0.15, -0.1) is 0 Å². The Morgan fingerprint density at radius 3 is 2.92 bits per heavy atom. The van der Waals surface area contributed by atoms with Crippen LogP contribution in [0.5, 0.6) is 0 Å². The standard InChI is InChI=1S/C20H27N3O2S/c1-3-15(2)22-19(24)14-26-20-21-12-18(16-8-5-4-6-9-16)23(20)13-17-10-7-11-25-17/h4-6,8-9,12,15,17H,3,7,10-11,13-14H2,1-2H3,(H,22,24)/t15-,17-/m1/s1. The van der Waals surface area contributed by atoms with Crippen molar-refractivity contribution in [1.82, 2.24) is 14.9 Å². The van der Waals surface area contributed by atoms with Crippen LogP contribution in [0.1, 0.15) is 33.1 Å². The molecule has 1 N–H and O–H groups in total. The van der Waals surface area contributed by atoms with E-state index in [2.05, 4.69) is 33.9 Å². The Bertz CT molecular complexity index is 711. The highest BCUT2D eigenvalue weighted by atomic mass is 32.2. The Kier molecular flexibility index (Phi) is 6.74. The first-order valence-electron chi connectivity index (χ1n) is 9.32. The van der Waals surface area contributed by atoms with Crippen LogP contribution in [0.4, 0.5) is 0 Å². The fourth-order valence-corrected chi connectivity index (χ4v) is 3.83. The molecule has 0 saturated carbocycles. The monoisotopic (exact) mass is 373 g/mol.